The molecule has 127 valence electrons. The van der Waals surface area contributed by atoms with E-state index in [1.54, 1.807) is 6.92 Å². The van der Waals surface area contributed by atoms with Gasteiger partial charge in [0.2, 0.25) is 0 Å². The van der Waals surface area contributed by atoms with E-state index in [-0.39, 0.29) is 25.6 Å². The molecule has 0 rings (SSSR count). The van der Waals surface area contributed by atoms with E-state index < -0.39 is 6.39 Å². The van der Waals surface area contributed by atoms with E-state index in [0.29, 0.717) is 0 Å². The summed E-state index contributed by atoms with van der Waals surface area (Å²) >= 11 is 0. The van der Waals surface area contributed by atoms with Crippen LogP contribution < -0.4 is 0 Å². The first kappa shape index (κ1) is 28.8. The molecule has 0 aromatic rings. The Morgan fingerprint density at radius 2 is 1.41 bits per heavy atom. The predicted octanol–water partition coefficient (Wildman–Crippen LogP) is 3.26. The number of hydrogen-bond acceptors (Lipinski definition) is 0. The second kappa shape index (κ2) is 60.3. The maximum Gasteiger partial charge on any atom is 0 e. The van der Waals surface area contributed by atoms with Gasteiger partial charge in [0.25, 0.3) is 0 Å². The van der Waals surface area contributed by atoms with Crippen molar-refractivity contribution in [2.24, 2.45) is 0 Å². The first-order valence-electron chi connectivity index (χ1n) is 7.22. The Morgan fingerprint density at radius 3 is 1.55 bits per heavy atom. The summed E-state index contributed by atoms with van der Waals surface area (Å²) in [7, 11) is 21.6. The van der Waals surface area contributed by atoms with E-state index in [2.05, 4.69) is 29.6 Å². The zero-order valence-electron chi connectivity index (χ0n) is 16.8. The second-order valence-corrected chi connectivity index (χ2v) is 2.12. The van der Waals surface area contributed by atoms with Crippen molar-refractivity contribution in [2.45, 2.75) is 14.4 Å². The van der Waals surface area contributed by atoms with Crippen LogP contribution in [-0.4, -0.2) is 50.8 Å². The Balaban J connectivity index is -0.00000000907. The van der Waals surface area contributed by atoms with Crippen LogP contribution in [0.4, 0.5) is 32.1 Å². The van der Waals surface area contributed by atoms with Crippen molar-refractivity contribution < 1.29 is 48.2 Å². The number of halogens is 7. The molecule has 0 N–H and O–H groups in total. The Morgan fingerprint density at radius 1 is 1.05 bits per heavy atom. The van der Waals surface area contributed by atoms with Crippen LogP contribution in [0.1, 0.15) is 30.4 Å². The maximum atomic E-state index is 8.00. The molecule has 22 heavy (non-hydrogen) atoms. The second-order valence-electron chi connectivity index (χ2n) is 2.12. The lowest BCUT2D eigenvalue weighted by Gasteiger charge is -2.05. The predicted molar refractivity (Wildman–Crippen MR) is 103 cm³/mol. The van der Waals surface area contributed by atoms with E-state index >= 15 is 0 Å². The highest BCUT2D eigenvalue weighted by molar-refractivity contribution is 7.81. The lowest BCUT2D eigenvalue weighted by molar-refractivity contribution is 0.108. The molecule has 9 radical (unpaired) electrons. The fourth-order valence-electron chi connectivity index (χ4n) is 0.258. The molecular weight excluding hydrogens is 305 g/mol. The maximum absolute atomic E-state index is 8.00. The minimum absolute atomic E-state index is 0. The summed E-state index contributed by atoms with van der Waals surface area (Å²) in [5.41, 5.74) is 0. The Labute approximate surface area is 150 Å². The smallest absolute Gasteiger partial charge is 0 e. The van der Waals surface area contributed by atoms with Crippen LogP contribution in [-0.2, 0) is 0 Å². The van der Waals surface area contributed by atoms with Gasteiger partial charge in [-0.3, -0.25) is 4.70 Å². The molecule has 0 saturated carbocycles. The van der Waals surface area contributed by atoms with Crippen LogP contribution >= 0.6 is 0 Å². The van der Waals surface area contributed by atoms with Crippen molar-refractivity contribution in [3.05, 3.63) is 0 Å². The van der Waals surface area contributed by atoms with E-state index in [0.717, 1.165) is 0 Å². The monoisotopic (exact) mass is 338 g/mol. The number of terminal acetylenes is 1. The molecule has 0 heterocycles. The van der Waals surface area contributed by atoms with Gasteiger partial charge in [0, 0.05) is 94.3 Å². The zero-order chi connectivity index (χ0) is 23.4. The molecule has 0 atom stereocenters. The molecule has 0 spiro atoms. The van der Waals surface area contributed by atoms with Crippen LogP contribution in [0.2, 0.25) is 0 Å². The average Bonchev–Trinajstić information content (AvgIpc) is 2.77. The van der Waals surface area contributed by atoms with Crippen molar-refractivity contribution in [3.63, 3.8) is 0 Å². The van der Waals surface area contributed by atoms with Crippen molar-refractivity contribution >= 4 is 50.8 Å². The molecule has 0 aliphatic carbocycles. The van der Waals surface area contributed by atoms with Gasteiger partial charge < -0.3 is 0 Å². The van der Waals surface area contributed by atoms with Gasteiger partial charge in [-0.1, -0.05) is 13.3 Å². The Bertz CT molecular complexity index is 332. The van der Waals surface area contributed by atoms with E-state index in [1.165, 1.54) is 7.06 Å². The standard InChI is InChI=1S/C7H4.CH4.B7.3F2.FH.8H2/c1-3-5-7-6-4-2;;1-5-7(4)6(2)3;3*1-2;;;;;;;;;/h1H,2H3;1H4;;;;;9*1H/i;;;;;;;3*1+1D;1+1;;;;. The number of hydrogen-bond donors (Lipinski definition) is 0. The Hall–Kier alpha value is -1.36. The molecule has 0 unspecified atom stereocenters. The third-order valence-electron chi connectivity index (χ3n) is 0.989. The lowest BCUT2D eigenvalue weighted by Crippen LogP contribution is -2.43. The minimum Gasteiger partial charge on any atom is -0.269 e. The Kier molecular flexibility index (Phi) is 78.8. The third kappa shape index (κ3) is 77.7. The molecule has 0 aliphatic heterocycles. The van der Waals surface area contributed by atoms with Crippen LogP contribution in [0, 0.1) is 36.0 Å². The van der Waals surface area contributed by atoms with Crippen molar-refractivity contribution in [1.82, 2.24) is 0 Å². The summed E-state index contributed by atoms with van der Waals surface area (Å²) in [5.74, 6) is 12.0. The highest BCUT2D eigenvalue weighted by Gasteiger charge is 2.06. The molecule has 14 heteroatoms. The summed E-state index contributed by atoms with van der Waals surface area (Å²) in [5, 5.41) is 0. The summed E-state index contributed by atoms with van der Waals surface area (Å²) in [6.45, 7) is 1.71. The zero-order valence-corrected chi connectivity index (χ0v) is 10.8. The van der Waals surface area contributed by atoms with Crippen LogP contribution in [0.5, 0.6) is 0 Å². The van der Waals surface area contributed by atoms with Gasteiger partial charge in [-0.15, -0.1) is 6.42 Å². The van der Waals surface area contributed by atoms with E-state index in [9.17, 15) is 0 Å². The third-order valence-corrected chi connectivity index (χ3v) is 0.989. The highest BCUT2D eigenvalue weighted by atomic mass is 20.0. The highest BCUT2D eigenvalue weighted by Crippen LogP contribution is 1.68. The molecule has 0 amide bonds. The molecule has 0 aromatic heterocycles. The summed E-state index contributed by atoms with van der Waals surface area (Å²) < 4.78 is 78.0. The molecule has 0 saturated heterocycles. The number of rotatable bonds is 2. The normalized spacial score (nSPS) is 5.36. The molecule has 0 fully saturated rings. The van der Waals surface area contributed by atoms with Crippen LogP contribution in [0.15, 0.2) is 0 Å². The van der Waals surface area contributed by atoms with Crippen LogP contribution in [0.3, 0.4) is 0 Å². The van der Waals surface area contributed by atoms with Gasteiger partial charge in [0.1, 0.15) is 0 Å². The fraction of sp³-hybridized carbons (Fsp3) is 0.250. The van der Waals surface area contributed by atoms with Crippen molar-refractivity contribution in [1.29, 1.82) is 0 Å². The van der Waals surface area contributed by atoms with Crippen LogP contribution in [0.25, 0.3) is 0 Å². The summed E-state index contributed by atoms with van der Waals surface area (Å²) in [4.78, 5) is 0. The summed E-state index contributed by atoms with van der Waals surface area (Å²) in [6, 6.07) is 0. The first-order valence-corrected chi connectivity index (χ1v) is 4.22. The van der Waals surface area contributed by atoms with E-state index in [4.69, 9.17) is 73.7 Å². The fourth-order valence-corrected chi connectivity index (χ4v) is 0.258. The van der Waals surface area contributed by atoms with E-state index in [1.807, 2.05) is 0 Å². The molecule has 0 aliphatic rings. The summed E-state index contributed by atoms with van der Waals surface area (Å²) in [6.07, 6.45) is 3.85. The average molecular weight is 337 g/mol. The van der Waals surface area contributed by atoms with Crippen molar-refractivity contribution in [3.8, 4) is 36.0 Å². The minimum atomic E-state index is -0.537. The topological polar surface area (TPSA) is 0 Å². The van der Waals surface area contributed by atoms with Gasteiger partial charge in [-0.25, -0.2) is 0 Å². The largest absolute Gasteiger partial charge is 0.269 e. The van der Waals surface area contributed by atoms with Gasteiger partial charge in [-0.05, 0) is 30.6 Å². The van der Waals surface area contributed by atoms with Gasteiger partial charge in [0.05, 0.1) is 0 Å². The molecule has 0 nitrogen and oxygen atoms in total. The molecule has 0 aromatic carbocycles. The lowest BCUT2D eigenvalue weighted by atomic mass is 8.76. The molecular formula is C8H25B7F7. The van der Waals surface area contributed by atoms with Gasteiger partial charge in [-0.2, -0.15) is 0 Å². The van der Waals surface area contributed by atoms with Crippen molar-refractivity contribution in [2.75, 3.05) is 0 Å². The van der Waals surface area contributed by atoms with Gasteiger partial charge >= 0.3 is 0 Å². The molecule has 0 bridgehead atoms. The van der Waals surface area contributed by atoms with Gasteiger partial charge in [0.15, 0.2) is 0 Å². The first-order chi connectivity index (χ1) is 12.6. The quantitative estimate of drug-likeness (QED) is 0.412. The SMILES string of the molecule is C.C#CC#CC#CC.F.FF.FF.FF.[2HH].[2H][2H].[2H][2H].[2H][2H].[B][B]B([B])B([B])[B].[HH].[HH].[HH].[HH].